The Hall–Kier alpha value is -1.53. The van der Waals surface area contributed by atoms with E-state index in [1.54, 1.807) is 11.8 Å². The molecule has 2 aromatic rings. The molecule has 0 radical (unpaired) electrons. The number of nitrogens with one attached hydrogen (secondary N) is 1. The van der Waals surface area contributed by atoms with Crippen LogP contribution in [0.25, 0.3) is 0 Å². The molecular formula is C15H14BrFN2OS. The van der Waals surface area contributed by atoms with E-state index in [1.807, 2.05) is 24.3 Å². The van der Waals surface area contributed by atoms with Crippen molar-refractivity contribution >= 4 is 45.0 Å². The lowest BCUT2D eigenvalue weighted by Crippen LogP contribution is -2.12. The summed E-state index contributed by atoms with van der Waals surface area (Å²) in [4.78, 5) is 12.9. The monoisotopic (exact) mass is 368 g/mol. The lowest BCUT2D eigenvalue weighted by atomic mass is 10.2. The van der Waals surface area contributed by atoms with Crippen molar-refractivity contribution in [3.63, 3.8) is 0 Å². The molecule has 0 fully saturated rings. The van der Waals surface area contributed by atoms with Gasteiger partial charge in [0.25, 0.3) is 0 Å². The number of nitrogen functional groups attached to an aromatic ring is 1. The lowest BCUT2D eigenvalue weighted by Gasteiger charge is -2.06. The fourth-order valence-corrected chi connectivity index (χ4v) is 3.12. The standard InChI is InChI=1S/C15H14BrFN2OS/c16-10-2-1-3-12(8-10)21-7-6-15(20)19-11-4-5-13(17)14(18)9-11/h1-5,8-9H,6-7,18H2,(H,19,20). The fraction of sp³-hybridized carbons (Fsp3) is 0.133. The normalized spacial score (nSPS) is 10.4. The van der Waals surface area contributed by atoms with E-state index >= 15 is 0 Å². The third-order valence-corrected chi connectivity index (χ3v) is 4.16. The predicted molar refractivity (Wildman–Crippen MR) is 88.9 cm³/mol. The van der Waals surface area contributed by atoms with E-state index < -0.39 is 5.82 Å². The molecule has 0 heterocycles. The fourth-order valence-electron chi connectivity index (χ4n) is 1.66. The maximum absolute atomic E-state index is 13.0. The van der Waals surface area contributed by atoms with Crippen LogP contribution in [0.5, 0.6) is 0 Å². The van der Waals surface area contributed by atoms with E-state index in [0.717, 1.165) is 9.37 Å². The Bertz CT molecular complexity index is 651. The quantitative estimate of drug-likeness (QED) is 0.611. The summed E-state index contributed by atoms with van der Waals surface area (Å²) in [5.74, 6) is 0.0561. The molecule has 2 rings (SSSR count). The first-order chi connectivity index (χ1) is 10.0. The first kappa shape index (κ1) is 15.9. The van der Waals surface area contributed by atoms with Gasteiger partial charge in [0.15, 0.2) is 0 Å². The molecule has 2 aromatic carbocycles. The van der Waals surface area contributed by atoms with Crippen molar-refractivity contribution in [3.8, 4) is 0 Å². The van der Waals surface area contributed by atoms with Gasteiger partial charge in [-0.3, -0.25) is 4.79 Å². The molecule has 0 unspecified atom stereocenters. The van der Waals surface area contributed by atoms with Crippen LogP contribution in [0.1, 0.15) is 6.42 Å². The summed E-state index contributed by atoms with van der Waals surface area (Å²) in [7, 11) is 0. The van der Waals surface area contributed by atoms with Gasteiger partial charge in [0.2, 0.25) is 5.91 Å². The van der Waals surface area contributed by atoms with Gasteiger partial charge in [0.1, 0.15) is 5.82 Å². The minimum absolute atomic E-state index is 0.0244. The smallest absolute Gasteiger partial charge is 0.225 e. The Kier molecular flexibility index (Phi) is 5.64. The topological polar surface area (TPSA) is 55.1 Å². The molecule has 21 heavy (non-hydrogen) atoms. The first-order valence-corrected chi connectivity index (χ1v) is 8.06. The molecule has 1 amide bonds. The number of anilines is 2. The van der Waals surface area contributed by atoms with E-state index in [1.165, 1.54) is 18.2 Å². The Morgan fingerprint density at radius 2 is 2.10 bits per heavy atom. The van der Waals surface area contributed by atoms with Gasteiger partial charge >= 0.3 is 0 Å². The van der Waals surface area contributed by atoms with Crippen LogP contribution in [-0.2, 0) is 4.79 Å². The summed E-state index contributed by atoms with van der Waals surface area (Å²) in [5, 5.41) is 2.70. The zero-order chi connectivity index (χ0) is 15.2. The highest BCUT2D eigenvalue weighted by Gasteiger charge is 2.05. The number of hydrogen-bond acceptors (Lipinski definition) is 3. The van der Waals surface area contributed by atoms with Crippen LogP contribution in [0.4, 0.5) is 15.8 Å². The van der Waals surface area contributed by atoms with Crippen LogP contribution >= 0.6 is 27.7 Å². The Labute approximate surface area is 135 Å². The molecule has 0 saturated heterocycles. The number of carbonyl (C=O) groups is 1. The second-order valence-corrected chi connectivity index (χ2v) is 6.42. The van der Waals surface area contributed by atoms with E-state index in [4.69, 9.17) is 5.73 Å². The molecule has 0 aliphatic carbocycles. The van der Waals surface area contributed by atoms with Gasteiger partial charge in [-0.05, 0) is 36.4 Å². The number of rotatable bonds is 5. The average Bonchev–Trinajstić information content (AvgIpc) is 2.43. The summed E-state index contributed by atoms with van der Waals surface area (Å²) < 4.78 is 14.0. The largest absolute Gasteiger partial charge is 0.396 e. The van der Waals surface area contributed by atoms with E-state index in [2.05, 4.69) is 21.2 Å². The van der Waals surface area contributed by atoms with Crippen molar-refractivity contribution in [2.45, 2.75) is 11.3 Å². The molecule has 0 atom stereocenters. The number of nitrogens with two attached hydrogens (primary N) is 1. The van der Waals surface area contributed by atoms with E-state index in [-0.39, 0.29) is 11.6 Å². The Morgan fingerprint density at radius 3 is 2.81 bits per heavy atom. The van der Waals surface area contributed by atoms with Gasteiger partial charge in [-0.15, -0.1) is 11.8 Å². The average molecular weight is 369 g/mol. The maximum atomic E-state index is 13.0. The van der Waals surface area contributed by atoms with Crippen molar-refractivity contribution in [1.82, 2.24) is 0 Å². The van der Waals surface area contributed by atoms with Crippen LogP contribution in [0.15, 0.2) is 51.8 Å². The predicted octanol–water partition coefficient (Wildman–Crippen LogP) is 4.29. The summed E-state index contributed by atoms with van der Waals surface area (Å²) in [6, 6.07) is 12.0. The molecule has 6 heteroatoms. The third kappa shape index (κ3) is 5.06. The number of hydrogen-bond donors (Lipinski definition) is 2. The van der Waals surface area contributed by atoms with E-state index in [9.17, 15) is 9.18 Å². The van der Waals surface area contributed by atoms with E-state index in [0.29, 0.717) is 17.9 Å². The zero-order valence-corrected chi connectivity index (χ0v) is 13.5. The molecule has 0 saturated carbocycles. The van der Waals surface area contributed by atoms with Crippen molar-refractivity contribution in [2.24, 2.45) is 0 Å². The maximum Gasteiger partial charge on any atom is 0.225 e. The number of amides is 1. The second-order valence-electron chi connectivity index (χ2n) is 4.34. The van der Waals surface area contributed by atoms with Crippen LogP contribution in [0, 0.1) is 5.82 Å². The van der Waals surface area contributed by atoms with Gasteiger partial charge in [0, 0.05) is 27.2 Å². The number of carbonyl (C=O) groups excluding carboxylic acids is 1. The zero-order valence-electron chi connectivity index (χ0n) is 11.1. The minimum atomic E-state index is -0.488. The molecule has 110 valence electrons. The Balaban J connectivity index is 1.81. The number of halogens is 2. The summed E-state index contributed by atoms with van der Waals surface area (Å²) >= 11 is 5.01. The first-order valence-electron chi connectivity index (χ1n) is 6.28. The van der Waals surface area contributed by atoms with Crippen molar-refractivity contribution in [3.05, 3.63) is 52.8 Å². The van der Waals surface area contributed by atoms with Gasteiger partial charge in [-0.1, -0.05) is 22.0 Å². The lowest BCUT2D eigenvalue weighted by molar-refractivity contribution is -0.115. The minimum Gasteiger partial charge on any atom is -0.396 e. The van der Waals surface area contributed by atoms with Crippen molar-refractivity contribution in [2.75, 3.05) is 16.8 Å². The van der Waals surface area contributed by atoms with Gasteiger partial charge in [0.05, 0.1) is 5.69 Å². The van der Waals surface area contributed by atoms with Crippen LogP contribution in [0.3, 0.4) is 0 Å². The second kappa shape index (κ2) is 7.47. The van der Waals surface area contributed by atoms with Crippen LogP contribution < -0.4 is 11.1 Å². The highest BCUT2D eigenvalue weighted by molar-refractivity contribution is 9.10. The molecule has 0 spiro atoms. The Morgan fingerprint density at radius 1 is 1.29 bits per heavy atom. The number of benzene rings is 2. The van der Waals surface area contributed by atoms with Crippen molar-refractivity contribution < 1.29 is 9.18 Å². The molecule has 0 bridgehead atoms. The van der Waals surface area contributed by atoms with Crippen molar-refractivity contribution in [1.29, 1.82) is 0 Å². The van der Waals surface area contributed by atoms with Gasteiger partial charge < -0.3 is 11.1 Å². The molecule has 3 N–H and O–H groups in total. The molecule has 0 aliphatic rings. The third-order valence-electron chi connectivity index (χ3n) is 2.67. The molecule has 0 aliphatic heterocycles. The highest BCUT2D eigenvalue weighted by atomic mass is 79.9. The van der Waals surface area contributed by atoms with Crippen LogP contribution in [0.2, 0.25) is 0 Å². The summed E-state index contributed by atoms with van der Waals surface area (Å²) in [5.41, 5.74) is 5.98. The molecular weight excluding hydrogens is 355 g/mol. The molecule has 3 nitrogen and oxygen atoms in total. The SMILES string of the molecule is Nc1cc(NC(=O)CCSc2cccc(Br)c2)ccc1F. The number of thioether (sulfide) groups is 1. The highest BCUT2D eigenvalue weighted by Crippen LogP contribution is 2.23. The molecule has 0 aromatic heterocycles. The van der Waals surface area contributed by atoms with Crippen LogP contribution in [-0.4, -0.2) is 11.7 Å². The van der Waals surface area contributed by atoms with Gasteiger partial charge in [-0.25, -0.2) is 4.39 Å². The summed E-state index contributed by atoms with van der Waals surface area (Å²) in [6.07, 6.45) is 0.370. The van der Waals surface area contributed by atoms with Gasteiger partial charge in [-0.2, -0.15) is 0 Å². The summed E-state index contributed by atoms with van der Waals surface area (Å²) in [6.45, 7) is 0.